The van der Waals surface area contributed by atoms with E-state index >= 15 is 0 Å². The summed E-state index contributed by atoms with van der Waals surface area (Å²) in [6.45, 7) is 13.8. The summed E-state index contributed by atoms with van der Waals surface area (Å²) in [5, 5.41) is 0. The minimum Gasteiger partial charge on any atom is -0.304 e. The van der Waals surface area contributed by atoms with Crippen molar-refractivity contribution in [1.82, 2.24) is 9.80 Å². The second-order valence-corrected chi connectivity index (χ2v) is 11.1. The summed E-state index contributed by atoms with van der Waals surface area (Å²) in [5.74, 6) is 0. The maximum Gasteiger partial charge on any atom is 0.0455 e. The van der Waals surface area contributed by atoms with Gasteiger partial charge in [0.15, 0.2) is 0 Å². The fourth-order valence-electron chi connectivity index (χ4n) is 1.57. The average Bonchev–Trinajstić information content (AvgIpc) is 2.02. The molecular formula is C10H24N2Si. The maximum absolute atomic E-state index is 2.62. The standard InChI is InChI=1S/C10H24N2Si/c1-11-5-7-12(8-6-11)9-10-13(2,3)4/h5-10H2,1-4H3. The van der Waals surface area contributed by atoms with Crippen molar-refractivity contribution in [3.63, 3.8) is 0 Å². The highest BCUT2D eigenvalue weighted by atomic mass is 28.3. The Morgan fingerprint density at radius 2 is 1.54 bits per heavy atom. The number of hydrogen-bond acceptors (Lipinski definition) is 2. The number of rotatable bonds is 3. The first kappa shape index (κ1) is 11.2. The van der Waals surface area contributed by atoms with Gasteiger partial charge in [-0.3, -0.25) is 0 Å². The zero-order chi connectivity index (χ0) is 9.90. The van der Waals surface area contributed by atoms with Crippen molar-refractivity contribution in [2.24, 2.45) is 0 Å². The third kappa shape index (κ3) is 4.79. The molecule has 0 amide bonds. The minimum absolute atomic E-state index is 0.813. The minimum atomic E-state index is -0.813. The van der Waals surface area contributed by atoms with Gasteiger partial charge in [0.05, 0.1) is 0 Å². The summed E-state index contributed by atoms with van der Waals surface area (Å²) in [6, 6.07) is 1.46. The molecule has 1 saturated heterocycles. The highest BCUT2D eigenvalue weighted by molar-refractivity contribution is 6.76. The van der Waals surface area contributed by atoms with Gasteiger partial charge in [-0.25, -0.2) is 0 Å². The average molecular weight is 200 g/mol. The van der Waals surface area contributed by atoms with Crippen LogP contribution in [0.4, 0.5) is 0 Å². The van der Waals surface area contributed by atoms with Gasteiger partial charge in [0.2, 0.25) is 0 Å². The van der Waals surface area contributed by atoms with Gasteiger partial charge in [0, 0.05) is 34.3 Å². The van der Waals surface area contributed by atoms with Crippen molar-refractivity contribution < 1.29 is 0 Å². The quantitative estimate of drug-likeness (QED) is 0.638. The van der Waals surface area contributed by atoms with Crippen LogP contribution in [0.25, 0.3) is 0 Å². The van der Waals surface area contributed by atoms with Crippen molar-refractivity contribution >= 4 is 8.07 Å². The molecule has 1 fully saturated rings. The van der Waals surface area contributed by atoms with Crippen LogP contribution in [0.15, 0.2) is 0 Å². The monoisotopic (exact) mass is 200 g/mol. The number of hydrogen-bond donors (Lipinski definition) is 0. The Balaban J connectivity index is 2.16. The Bertz CT molecular complexity index is 145. The molecule has 0 bridgehead atoms. The lowest BCUT2D eigenvalue weighted by Gasteiger charge is -2.33. The second kappa shape index (κ2) is 4.58. The van der Waals surface area contributed by atoms with E-state index in [0.717, 1.165) is 0 Å². The van der Waals surface area contributed by atoms with Crippen LogP contribution in [0.2, 0.25) is 25.7 Å². The van der Waals surface area contributed by atoms with Crippen molar-refractivity contribution in [3.8, 4) is 0 Å². The molecule has 13 heavy (non-hydrogen) atoms. The lowest BCUT2D eigenvalue weighted by atomic mass is 10.3. The summed E-state index contributed by atoms with van der Waals surface area (Å²) < 4.78 is 0. The van der Waals surface area contributed by atoms with E-state index < -0.39 is 8.07 Å². The Labute approximate surface area is 83.9 Å². The lowest BCUT2D eigenvalue weighted by Crippen LogP contribution is -2.45. The molecule has 0 N–H and O–H groups in total. The molecule has 1 rings (SSSR count). The van der Waals surface area contributed by atoms with Gasteiger partial charge in [0.25, 0.3) is 0 Å². The normalized spacial score (nSPS) is 22.2. The molecular weight excluding hydrogens is 176 g/mol. The largest absolute Gasteiger partial charge is 0.304 e. The molecule has 2 nitrogen and oxygen atoms in total. The van der Waals surface area contributed by atoms with E-state index in [-0.39, 0.29) is 0 Å². The Kier molecular flexibility index (Phi) is 3.95. The number of nitrogens with zero attached hydrogens (tertiary/aromatic N) is 2. The van der Waals surface area contributed by atoms with Crippen molar-refractivity contribution in [3.05, 3.63) is 0 Å². The van der Waals surface area contributed by atoms with Crippen LogP contribution < -0.4 is 0 Å². The fraction of sp³-hybridized carbons (Fsp3) is 1.00. The van der Waals surface area contributed by atoms with Crippen LogP contribution in [0, 0.1) is 0 Å². The van der Waals surface area contributed by atoms with E-state index in [1.807, 2.05) is 0 Å². The Morgan fingerprint density at radius 1 is 1.00 bits per heavy atom. The van der Waals surface area contributed by atoms with Crippen LogP contribution in [0.5, 0.6) is 0 Å². The molecule has 0 atom stereocenters. The van der Waals surface area contributed by atoms with E-state index in [2.05, 4.69) is 36.5 Å². The molecule has 0 aromatic carbocycles. The maximum atomic E-state index is 2.62. The third-order valence-electron chi connectivity index (χ3n) is 2.77. The topological polar surface area (TPSA) is 6.48 Å². The smallest absolute Gasteiger partial charge is 0.0455 e. The Hall–Kier alpha value is 0.137. The van der Waals surface area contributed by atoms with E-state index in [1.165, 1.54) is 38.8 Å². The van der Waals surface area contributed by atoms with Crippen LogP contribution in [-0.4, -0.2) is 57.6 Å². The predicted molar refractivity (Wildman–Crippen MR) is 62.1 cm³/mol. The van der Waals surface area contributed by atoms with Crippen LogP contribution in [0.3, 0.4) is 0 Å². The summed E-state index contributed by atoms with van der Waals surface area (Å²) in [4.78, 5) is 5.04. The molecule has 0 saturated carbocycles. The van der Waals surface area contributed by atoms with E-state index in [9.17, 15) is 0 Å². The summed E-state index contributed by atoms with van der Waals surface area (Å²) in [5.41, 5.74) is 0. The predicted octanol–water partition coefficient (Wildman–Crippen LogP) is 1.57. The van der Waals surface area contributed by atoms with Crippen molar-refractivity contribution in [2.45, 2.75) is 25.7 Å². The van der Waals surface area contributed by atoms with Gasteiger partial charge in [-0.15, -0.1) is 0 Å². The fourth-order valence-corrected chi connectivity index (χ4v) is 2.55. The molecule has 0 spiro atoms. The van der Waals surface area contributed by atoms with Gasteiger partial charge >= 0.3 is 0 Å². The van der Waals surface area contributed by atoms with Gasteiger partial charge in [-0.05, 0) is 19.6 Å². The zero-order valence-corrected chi connectivity index (χ0v) is 10.6. The Morgan fingerprint density at radius 3 is 2.00 bits per heavy atom. The van der Waals surface area contributed by atoms with Crippen LogP contribution in [-0.2, 0) is 0 Å². The summed E-state index contributed by atoms with van der Waals surface area (Å²) in [7, 11) is 1.40. The first-order valence-corrected chi connectivity index (χ1v) is 9.09. The highest BCUT2D eigenvalue weighted by Crippen LogP contribution is 2.10. The lowest BCUT2D eigenvalue weighted by molar-refractivity contribution is 0.160. The van der Waals surface area contributed by atoms with Crippen LogP contribution in [0.1, 0.15) is 0 Å². The number of piperazine rings is 1. The molecule has 3 heteroatoms. The van der Waals surface area contributed by atoms with Gasteiger partial charge in [-0.2, -0.15) is 0 Å². The zero-order valence-electron chi connectivity index (χ0n) is 9.64. The third-order valence-corrected chi connectivity index (χ3v) is 4.50. The van der Waals surface area contributed by atoms with Crippen molar-refractivity contribution in [2.75, 3.05) is 39.8 Å². The molecule has 1 heterocycles. The first-order chi connectivity index (χ1) is 5.97. The highest BCUT2D eigenvalue weighted by Gasteiger charge is 2.17. The second-order valence-electron chi connectivity index (χ2n) is 5.46. The molecule has 78 valence electrons. The van der Waals surface area contributed by atoms with Crippen molar-refractivity contribution in [1.29, 1.82) is 0 Å². The van der Waals surface area contributed by atoms with E-state index in [4.69, 9.17) is 0 Å². The van der Waals surface area contributed by atoms with E-state index in [0.29, 0.717) is 0 Å². The summed E-state index contributed by atoms with van der Waals surface area (Å²) in [6.07, 6.45) is 0. The SMILES string of the molecule is CN1CCN(CC[Si](C)(C)C)CC1. The molecule has 0 aliphatic carbocycles. The van der Waals surface area contributed by atoms with Gasteiger partial charge < -0.3 is 9.80 Å². The first-order valence-electron chi connectivity index (χ1n) is 5.38. The van der Waals surface area contributed by atoms with Gasteiger partial charge in [-0.1, -0.05) is 19.6 Å². The van der Waals surface area contributed by atoms with Gasteiger partial charge in [0.1, 0.15) is 0 Å². The van der Waals surface area contributed by atoms with Crippen LogP contribution >= 0.6 is 0 Å². The molecule has 0 radical (unpaired) electrons. The number of likely N-dealkylation sites (N-methyl/N-ethyl adjacent to an activating group) is 1. The molecule has 0 aromatic rings. The molecule has 1 aliphatic rings. The molecule has 0 unspecified atom stereocenters. The molecule has 0 aromatic heterocycles. The van der Waals surface area contributed by atoms with E-state index in [1.54, 1.807) is 0 Å². The molecule has 1 aliphatic heterocycles. The summed E-state index contributed by atoms with van der Waals surface area (Å²) >= 11 is 0.